The van der Waals surface area contributed by atoms with Crippen LogP contribution in [0.1, 0.15) is 78.7 Å². The first kappa shape index (κ1) is 37.0. The second-order valence-electron chi connectivity index (χ2n) is 15.7. The van der Waals surface area contributed by atoms with Crippen molar-refractivity contribution < 1.29 is 38.0 Å². The van der Waals surface area contributed by atoms with Gasteiger partial charge in [-0.1, -0.05) is 58.0 Å². The van der Waals surface area contributed by atoms with Crippen molar-refractivity contribution in [3.05, 3.63) is 60.2 Å². The van der Waals surface area contributed by atoms with Gasteiger partial charge in [0, 0.05) is 24.9 Å². The lowest BCUT2D eigenvalue weighted by atomic mass is 9.89. The molecule has 3 fully saturated rings. The summed E-state index contributed by atoms with van der Waals surface area (Å²) in [6, 6.07) is 17.3. The summed E-state index contributed by atoms with van der Waals surface area (Å²) in [6.45, 7) is 15.8. The molecular weight excluding hydrogens is 627 g/mol. The number of para-hydroxylation sites is 1. The van der Waals surface area contributed by atoms with Crippen LogP contribution in [0.5, 0.6) is 5.75 Å². The average Bonchev–Trinajstić information content (AvgIpc) is 3.62. The molecule has 0 saturated carbocycles. The number of methoxy groups -OCH3 is 1. The Balaban J connectivity index is 1.24. The monoisotopic (exact) mass is 683 g/mol. The Morgan fingerprint density at radius 1 is 1.02 bits per heavy atom. The molecule has 2 aromatic rings. The number of carbonyl (C=O) groups is 1. The van der Waals surface area contributed by atoms with Gasteiger partial charge in [0.2, 0.25) is 5.91 Å². The molecule has 266 valence electrons. The van der Waals surface area contributed by atoms with Gasteiger partial charge in [0.1, 0.15) is 18.0 Å². The van der Waals surface area contributed by atoms with Crippen LogP contribution in [0.3, 0.4) is 0 Å². The zero-order valence-electron chi connectivity index (χ0n) is 30.1. The van der Waals surface area contributed by atoms with Crippen LogP contribution < -0.4 is 10.1 Å². The Hall–Kier alpha value is -2.31. The molecule has 48 heavy (non-hydrogen) atoms. The second-order valence-corrected chi connectivity index (χ2v) is 20.5. The number of rotatable bonds is 12. The summed E-state index contributed by atoms with van der Waals surface area (Å²) in [5.41, 5.74) is 0.897. The average molecular weight is 684 g/mol. The number of hydrogen-bond acceptors (Lipinski definition) is 8. The first-order valence-corrected chi connectivity index (χ1v) is 20.5. The summed E-state index contributed by atoms with van der Waals surface area (Å²) in [5, 5.41) is 15.0. The van der Waals surface area contributed by atoms with Crippen molar-refractivity contribution in [2.75, 3.05) is 19.0 Å². The summed E-state index contributed by atoms with van der Waals surface area (Å²) in [6.07, 6.45) is 1.95. The highest BCUT2D eigenvalue weighted by Gasteiger charge is 2.56. The van der Waals surface area contributed by atoms with E-state index >= 15 is 0 Å². The van der Waals surface area contributed by atoms with E-state index in [1.165, 1.54) is 0 Å². The molecule has 0 radical (unpaired) electrons. The van der Waals surface area contributed by atoms with Crippen molar-refractivity contribution in [3.63, 3.8) is 0 Å². The normalized spacial score (nSPS) is 30.7. The number of amides is 1. The van der Waals surface area contributed by atoms with Crippen LogP contribution in [-0.2, 0) is 34.8 Å². The van der Waals surface area contributed by atoms with Crippen molar-refractivity contribution in [1.82, 2.24) is 0 Å². The minimum atomic E-state index is -2.05. The molecule has 0 unspecified atom stereocenters. The molecule has 8 atom stereocenters. The Labute approximate surface area is 288 Å². The Morgan fingerprint density at radius 2 is 1.71 bits per heavy atom. The zero-order chi connectivity index (χ0) is 34.7. The fraction of sp³-hybridized carbons (Fsp3) is 0.658. The largest absolute Gasteiger partial charge is 0.497 e. The van der Waals surface area contributed by atoms with Crippen LogP contribution in [0.25, 0.3) is 0 Å². The molecule has 0 aliphatic carbocycles. The molecule has 3 heterocycles. The van der Waals surface area contributed by atoms with Gasteiger partial charge in [0.25, 0.3) is 0 Å². The summed E-state index contributed by atoms with van der Waals surface area (Å²) >= 11 is 0. The van der Waals surface area contributed by atoms with E-state index in [1.54, 1.807) is 7.11 Å². The van der Waals surface area contributed by atoms with E-state index in [2.05, 4.69) is 39.2 Å². The first-order valence-electron chi connectivity index (χ1n) is 17.6. The lowest BCUT2D eigenvalue weighted by Crippen LogP contribution is -2.50. The minimum Gasteiger partial charge on any atom is -0.497 e. The molecule has 9 nitrogen and oxygen atoms in total. The number of aliphatic hydroxyl groups excluding tert-OH is 1. The van der Waals surface area contributed by atoms with Crippen LogP contribution in [0.4, 0.5) is 5.69 Å². The van der Waals surface area contributed by atoms with E-state index in [1.807, 2.05) is 68.4 Å². The third-order valence-electron chi connectivity index (χ3n) is 11.1. The Kier molecular flexibility index (Phi) is 11.5. The molecule has 3 aliphatic heterocycles. The maximum atomic E-state index is 13.1. The predicted octanol–water partition coefficient (Wildman–Crippen LogP) is 7.23. The van der Waals surface area contributed by atoms with Crippen molar-refractivity contribution in [3.8, 4) is 5.75 Å². The van der Waals surface area contributed by atoms with E-state index in [4.69, 9.17) is 28.1 Å². The molecule has 5 rings (SSSR count). The van der Waals surface area contributed by atoms with E-state index < -0.39 is 31.9 Å². The summed E-state index contributed by atoms with van der Waals surface area (Å²) in [4.78, 5) is 13.1. The molecule has 3 aliphatic rings. The predicted molar refractivity (Wildman–Crippen MR) is 188 cm³/mol. The van der Waals surface area contributed by atoms with Crippen molar-refractivity contribution in [2.45, 2.75) is 140 Å². The van der Waals surface area contributed by atoms with E-state index in [-0.39, 0.29) is 35.2 Å². The SMILES string of the molecule is COc1ccc(CO[C@@H]2C[C@](C)([C@@H](O)[C@@H]3CC[C@]4(CCC[C@@H]([C@@H](C)C(=O)Nc5ccccc5)O4)O3)O[C@@H]2CO[Si](C)(C)C(C)(C)C)cc1. The van der Waals surface area contributed by atoms with Crippen molar-refractivity contribution >= 4 is 19.9 Å². The second kappa shape index (κ2) is 14.9. The number of ether oxygens (including phenoxy) is 5. The number of carbonyl (C=O) groups excluding carboxylic acids is 1. The van der Waals surface area contributed by atoms with E-state index in [9.17, 15) is 9.90 Å². The number of aliphatic hydroxyl groups is 1. The lowest BCUT2D eigenvalue weighted by Gasteiger charge is -2.41. The standard InChI is InChI=1S/C38H57NO8Si/c1-26(35(41)39-28-13-10-9-11-14-28)30-15-12-21-38(46-30)22-20-31(47-38)34(40)37(5)23-32(43-24-27-16-18-29(42-6)19-17-27)33(45-37)25-44-48(7,8)36(2,3)4/h9-11,13-14,16-19,26,30-34,40H,12,15,20-25H2,1-8H3,(H,39,41)/t26-,30+,31+,32-,33-,34+,37-,38+/m1/s1. The van der Waals surface area contributed by atoms with Gasteiger partial charge in [0.05, 0.1) is 50.2 Å². The fourth-order valence-corrected chi connectivity index (χ4v) is 7.85. The van der Waals surface area contributed by atoms with Gasteiger partial charge < -0.3 is 38.5 Å². The highest BCUT2D eigenvalue weighted by Crippen LogP contribution is 2.47. The fourth-order valence-electron chi connectivity index (χ4n) is 6.84. The van der Waals surface area contributed by atoms with Gasteiger partial charge in [-0.15, -0.1) is 0 Å². The van der Waals surface area contributed by atoms with Crippen molar-refractivity contribution in [1.29, 1.82) is 0 Å². The maximum absolute atomic E-state index is 13.1. The molecule has 2 N–H and O–H groups in total. The molecule has 3 saturated heterocycles. The minimum absolute atomic E-state index is 0.0530. The highest BCUT2D eigenvalue weighted by atomic mass is 28.4. The smallest absolute Gasteiger partial charge is 0.229 e. The maximum Gasteiger partial charge on any atom is 0.229 e. The van der Waals surface area contributed by atoms with Crippen molar-refractivity contribution in [2.24, 2.45) is 5.92 Å². The molecule has 0 aromatic heterocycles. The molecule has 10 heteroatoms. The highest BCUT2D eigenvalue weighted by molar-refractivity contribution is 6.74. The quantitative estimate of drug-likeness (QED) is 0.226. The van der Waals surface area contributed by atoms with Gasteiger partial charge in [-0.3, -0.25) is 4.79 Å². The van der Waals surface area contributed by atoms with Gasteiger partial charge >= 0.3 is 0 Å². The van der Waals surface area contributed by atoms with Crippen LogP contribution in [0, 0.1) is 5.92 Å². The molecule has 1 spiro atoms. The van der Waals surface area contributed by atoms with E-state index in [0.717, 1.165) is 36.3 Å². The van der Waals surface area contributed by atoms with Crippen LogP contribution in [0.15, 0.2) is 54.6 Å². The summed E-state index contributed by atoms with van der Waals surface area (Å²) < 4.78 is 38.4. The molecular formula is C38H57NO8Si. The summed E-state index contributed by atoms with van der Waals surface area (Å²) in [5.74, 6) is -0.445. The third kappa shape index (κ3) is 8.52. The van der Waals surface area contributed by atoms with Gasteiger partial charge in [-0.25, -0.2) is 0 Å². The van der Waals surface area contributed by atoms with Gasteiger partial charge in [-0.05, 0) is 74.1 Å². The summed E-state index contributed by atoms with van der Waals surface area (Å²) in [7, 11) is -0.399. The number of anilines is 1. The number of nitrogens with one attached hydrogen (secondary N) is 1. The van der Waals surface area contributed by atoms with Crippen LogP contribution in [-0.4, -0.2) is 75.0 Å². The Morgan fingerprint density at radius 3 is 2.38 bits per heavy atom. The van der Waals surface area contributed by atoms with Gasteiger partial charge in [0.15, 0.2) is 14.1 Å². The zero-order valence-corrected chi connectivity index (χ0v) is 31.1. The van der Waals surface area contributed by atoms with Crippen LogP contribution >= 0.6 is 0 Å². The molecule has 2 aromatic carbocycles. The van der Waals surface area contributed by atoms with Crippen LogP contribution in [0.2, 0.25) is 18.1 Å². The van der Waals surface area contributed by atoms with E-state index in [0.29, 0.717) is 32.5 Å². The van der Waals surface area contributed by atoms with Gasteiger partial charge in [-0.2, -0.15) is 0 Å². The molecule has 1 amide bonds. The first-order chi connectivity index (χ1) is 22.6. The number of hydrogen-bond donors (Lipinski definition) is 2. The molecule has 0 bridgehead atoms. The number of benzene rings is 2. The third-order valence-corrected chi connectivity index (χ3v) is 15.6. The topological polar surface area (TPSA) is 105 Å². The Bertz CT molecular complexity index is 1350. The lowest BCUT2D eigenvalue weighted by molar-refractivity contribution is -0.290.